The highest BCUT2D eigenvalue weighted by molar-refractivity contribution is 8.13. The fraction of sp³-hybridized carbons (Fsp3) is 0.417. The summed E-state index contributed by atoms with van der Waals surface area (Å²) >= 11 is 0. The molecule has 0 aliphatic heterocycles. The zero-order valence-corrected chi connectivity index (χ0v) is 12.6. The number of benzene rings is 1. The van der Waals surface area contributed by atoms with Crippen LogP contribution in [0.2, 0.25) is 0 Å². The Kier molecular flexibility index (Phi) is 5.20. The van der Waals surface area contributed by atoms with Crippen LogP contribution in [0.5, 0.6) is 5.75 Å². The lowest BCUT2D eigenvalue weighted by Gasteiger charge is -2.15. The van der Waals surface area contributed by atoms with Gasteiger partial charge in [0, 0.05) is 24.3 Å². The van der Waals surface area contributed by atoms with Gasteiger partial charge in [-0.1, -0.05) is 6.07 Å². The average Bonchev–Trinajstić information content (AvgIpc) is 2.36. The molecule has 0 spiro atoms. The summed E-state index contributed by atoms with van der Waals surface area (Å²) in [6.45, 7) is 2.45. The summed E-state index contributed by atoms with van der Waals surface area (Å²) in [6.07, 6.45) is 0.119. The predicted octanol–water partition coefficient (Wildman–Crippen LogP) is 1.64. The Hall–Kier alpha value is -1.27. The highest BCUT2D eigenvalue weighted by atomic mass is 35.7. The number of hydrogen-bond donors (Lipinski definition) is 0. The van der Waals surface area contributed by atoms with E-state index in [9.17, 15) is 13.2 Å². The molecule has 0 aliphatic rings. The van der Waals surface area contributed by atoms with Crippen molar-refractivity contribution in [3.8, 4) is 5.75 Å². The van der Waals surface area contributed by atoms with Crippen LogP contribution in [0.1, 0.15) is 12.5 Å². The summed E-state index contributed by atoms with van der Waals surface area (Å²) in [7, 11) is 4.47. The molecule has 1 aromatic carbocycles. The minimum absolute atomic E-state index is 0.0920. The van der Waals surface area contributed by atoms with Gasteiger partial charge in [0.1, 0.15) is 10.6 Å². The summed E-state index contributed by atoms with van der Waals surface area (Å²) in [4.78, 5) is 13.2. The van der Waals surface area contributed by atoms with Gasteiger partial charge in [0.25, 0.3) is 9.05 Å². The summed E-state index contributed by atoms with van der Waals surface area (Å²) in [6, 6.07) is 4.50. The van der Waals surface area contributed by atoms with E-state index in [0.29, 0.717) is 12.1 Å². The Bertz CT molecular complexity index is 571. The molecular formula is C12H16ClNO4S. The Labute approximate surface area is 117 Å². The van der Waals surface area contributed by atoms with Gasteiger partial charge in [-0.15, -0.1) is 0 Å². The predicted molar refractivity (Wildman–Crippen MR) is 73.0 cm³/mol. The molecule has 0 radical (unpaired) electrons. The Morgan fingerprint density at radius 2 is 2.05 bits per heavy atom. The van der Waals surface area contributed by atoms with Crippen molar-refractivity contribution < 1.29 is 17.9 Å². The van der Waals surface area contributed by atoms with Crippen molar-refractivity contribution in [3.05, 3.63) is 23.8 Å². The highest BCUT2D eigenvalue weighted by Gasteiger charge is 2.18. The maximum atomic E-state index is 11.8. The van der Waals surface area contributed by atoms with Gasteiger partial charge in [-0.2, -0.15) is 0 Å². The van der Waals surface area contributed by atoms with Crippen molar-refractivity contribution >= 4 is 25.6 Å². The molecule has 0 unspecified atom stereocenters. The Balaban J connectivity index is 3.10. The minimum Gasteiger partial charge on any atom is -0.495 e. The second-order valence-corrected chi connectivity index (χ2v) is 6.54. The molecule has 0 atom stereocenters. The average molecular weight is 306 g/mol. The van der Waals surface area contributed by atoms with E-state index in [1.165, 1.54) is 19.2 Å². The lowest BCUT2D eigenvalue weighted by molar-refractivity contribution is -0.128. The molecule has 5 nitrogen and oxygen atoms in total. The second kappa shape index (κ2) is 6.25. The van der Waals surface area contributed by atoms with Crippen LogP contribution in [0.25, 0.3) is 0 Å². The van der Waals surface area contributed by atoms with Gasteiger partial charge < -0.3 is 9.64 Å². The monoisotopic (exact) mass is 305 g/mol. The lowest BCUT2D eigenvalue weighted by atomic mass is 10.1. The first-order chi connectivity index (χ1) is 8.79. The first-order valence-corrected chi connectivity index (χ1v) is 7.96. The molecule has 1 aromatic rings. The molecule has 0 fully saturated rings. The van der Waals surface area contributed by atoms with Gasteiger partial charge in [-0.25, -0.2) is 8.42 Å². The summed E-state index contributed by atoms with van der Waals surface area (Å²) in [5.41, 5.74) is 0.574. The summed E-state index contributed by atoms with van der Waals surface area (Å²) < 4.78 is 27.8. The number of hydrogen-bond acceptors (Lipinski definition) is 4. The van der Waals surface area contributed by atoms with Crippen LogP contribution < -0.4 is 4.74 Å². The van der Waals surface area contributed by atoms with E-state index in [0.717, 1.165) is 0 Å². The smallest absolute Gasteiger partial charge is 0.264 e. The second-order valence-electron chi connectivity index (χ2n) is 4.01. The van der Waals surface area contributed by atoms with E-state index in [1.807, 2.05) is 6.92 Å². The van der Waals surface area contributed by atoms with Crippen LogP contribution in [-0.2, 0) is 20.3 Å². The normalized spacial score (nSPS) is 11.2. The quantitative estimate of drug-likeness (QED) is 0.776. The molecule has 0 aliphatic carbocycles. The number of rotatable bonds is 5. The van der Waals surface area contributed by atoms with Gasteiger partial charge in [-0.3, -0.25) is 4.79 Å². The number of nitrogens with zero attached hydrogens (tertiary/aromatic N) is 1. The number of methoxy groups -OCH3 is 1. The van der Waals surface area contributed by atoms with Crippen LogP contribution in [0.3, 0.4) is 0 Å². The van der Waals surface area contributed by atoms with E-state index < -0.39 is 9.05 Å². The third kappa shape index (κ3) is 4.11. The topological polar surface area (TPSA) is 63.7 Å². The Morgan fingerprint density at radius 3 is 2.53 bits per heavy atom. The zero-order chi connectivity index (χ0) is 14.6. The van der Waals surface area contributed by atoms with Crippen molar-refractivity contribution in [2.45, 2.75) is 18.2 Å². The van der Waals surface area contributed by atoms with E-state index in [-0.39, 0.29) is 23.0 Å². The molecule has 0 saturated heterocycles. The van der Waals surface area contributed by atoms with Crippen LogP contribution >= 0.6 is 10.7 Å². The number of ether oxygens (including phenoxy) is 1. The van der Waals surface area contributed by atoms with Gasteiger partial charge in [0.05, 0.1) is 13.5 Å². The Morgan fingerprint density at radius 1 is 1.42 bits per heavy atom. The lowest BCUT2D eigenvalue weighted by Crippen LogP contribution is -2.27. The minimum atomic E-state index is -3.91. The van der Waals surface area contributed by atoms with Crippen LogP contribution in [0.15, 0.2) is 23.1 Å². The van der Waals surface area contributed by atoms with Crippen LogP contribution in [0, 0.1) is 0 Å². The molecule has 1 amide bonds. The van der Waals surface area contributed by atoms with Gasteiger partial charge in [0.2, 0.25) is 5.91 Å². The maximum Gasteiger partial charge on any atom is 0.264 e. The third-order valence-corrected chi connectivity index (χ3v) is 4.09. The van der Waals surface area contributed by atoms with E-state index in [2.05, 4.69) is 0 Å². The van der Waals surface area contributed by atoms with Crippen molar-refractivity contribution in [1.29, 1.82) is 0 Å². The molecule has 0 bridgehead atoms. The van der Waals surface area contributed by atoms with E-state index in [1.54, 1.807) is 18.0 Å². The van der Waals surface area contributed by atoms with Crippen LogP contribution in [0.4, 0.5) is 0 Å². The maximum absolute atomic E-state index is 11.8. The first kappa shape index (κ1) is 15.8. The zero-order valence-electron chi connectivity index (χ0n) is 11.0. The van der Waals surface area contributed by atoms with Crippen molar-refractivity contribution in [2.24, 2.45) is 0 Å². The van der Waals surface area contributed by atoms with Crippen molar-refractivity contribution in [2.75, 3.05) is 20.7 Å². The number of amides is 1. The first-order valence-electron chi connectivity index (χ1n) is 5.65. The van der Waals surface area contributed by atoms with Crippen molar-refractivity contribution in [1.82, 2.24) is 4.90 Å². The largest absolute Gasteiger partial charge is 0.495 e. The van der Waals surface area contributed by atoms with Gasteiger partial charge >= 0.3 is 0 Å². The summed E-state index contributed by atoms with van der Waals surface area (Å²) in [5.74, 6) is 0.0700. The number of carbonyl (C=O) groups is 1. The fourth-order valence-electron chi connectivity index (χ4n) is 1.51. The standard InChI is InChI=1S/C12H16ClNO4S/c1-4-14(2)12(15)8-9-5-6-10(18-3)11(7-9)19(13,16)17/h5-7H,4,8H2,1-3H3. The number of likely N-dealkylation sites (N-methyl/N-ethyl adjacent to an activating group) is 1. The third-order valence-electron chi connectivity index (χ3n) is 2.75. The molecule has 106 valence electrons. The molecule has 0 N–H and O–H groups in total. The van der Waals surface area contributed by atoms with E-state index >= 15 is 0 Å². The summed E-state index contributed by atoms with van der Waals surface area (Å²) in [5, 5.41) is 0. The molecule has 1 rings (SSSR count). The molecular weight excluding hydrogens is 290 g/mol. The van der Waals surface area contributed by atoms with Crippen LogP contribution in [-0.4, -0.2) is 39.9 Å². The van der Waals surface area contributed by atoms with Crippen molar-refractivity contribution in [3.63, 3.8) is 0 Å². The molecule has 0 aromatic heterocycles. The highest BCUT2D eigenvalue weighted by Crippen LogP contribution is 2.28. The fourth-order valence-corrected chi connectivity index (χ4v) is 2.55. The number of carbonyl (C=O) groups excluding carboxylic acids is 1. The van der Waals surface area contributed by atoms with Gasteiger partial charge in [-0.05, 0) is 24.6 Å². The van der Waals surface area contributed by atoms with Gasteiger partial charge in [0.15, 0.2) is 0 Å². The molecule has 7 heteroatoms. The van der Waals surface area contributed by atoms with E-state index in [4.69, 9.17) is 15.4 Å². The molecule has 0 saturated carbocycles. The molecule has 0 heterocycles. The number of halogens is 1. The molecule has 19 heavy (non-hydrogen) atoms. The SMILES string of the molecule is CCN(C)C(=O)Cc1ccc(OC)c(S(=O)(=O)Cl)c1.